The highest BCUT2D eigenvalue weighted by molar-refractivity contribution is 8.28. The summed E-state index contributed by atoms with van der Waals surface area (Å²) in [7, 11) is -9.03. The Morgan fingerprint density at radius 2 is 1.77 bits per heavy atom. The van der Waals surface area contributed by atoms with E-state index in [-0.39, 0.29) is 33.8 Å². The van der Waals surface area contributed by atoms with Crippen LogP contribution in [0.5, 0.6) is 0 Å². The third-order valence-corrected chi connectivity index (χ3v) is 13.0. The summed E-state index contributed by atoms with van der Waals surface area (Å²) in [6, 6.07) is 5.30. The minimum absolute atomic E-state index is 0. The van der Waals surface area contributed by atoms with Crippen LogP contribution in [0, 0.1) is 0 Å². The summed E-state index contributed by atoms with van der Waals surface area (Å²) in [4.78, 5) is 6.70. The standard InChI is InChI=1S/C17H18Cl2N4O4S3.ClH/c18-13-2-1-11(9-14(13)19)29(24,25)17(30(20,26)27)10-12-15(28-17)3-4-22-16(12)23-7-5-21-6-8-23;/h1-4,9,21H,5-8,10H2,(H2,20,26,27);1H. The number of rotatable bonds is 4. The van der Waals surface area contributed by atoms with Crippen molar-refractivity contribution in [2.24, 2.45) is 5.14 Å². The monoisotopic (exact) mass is 544 g/mol. The number of nitrogens with zero attached hydrogens (tertiary/aromatic N) is 2. The number of piperazine rings is 1. The molecule has 31 heavy (non-hydrogen) atoms. The van der Waals surface area contributed by atoms with Gasteiger partial charge in [-0.25, -0.2) is 27.0 Å². The van der Waals surface area contributed by atoms with Gasteiger partial charge in [-0.2, -0.15) is 0 Å². The summed E-state index contributed by atoms with van der Waals surface area (Å²) >= 11 is 12.6. The molecule has 0 aliphatic carbocycles. The lowest BCUT2D eigenvalue weighted by Crippen LogP contribution is -2.47. The topological polar surface area (TPSA) is 122 Å². The van der Waals surface area contributed by atoms with Crippen LogP contribution in [0.4, 0.5) is 5.82 Å². The van der Waals surface area contributed by atoms with Gasteiger partial charge in [0.1, 0.15) is 5.82 Å². The van der Waals surface area contributed by atoms with Crippen LogP contribution in [0.25, 0.3) is 0 Å². The molecule has 1 saturated heterocycles. The van der Waals surface area contributed by atoms with Crippen LogP contribution in [-0.4, -0.2) is 51.4 Å². The predicted molar refractivity (Wildman–Crippen MR) is 126 cm³/mol. The largest absolute Gasteiger partial charge is 0.354 e. The highest BCUT2D eigenvalue weighted by Crippen LogP contribution is 2.54. The summed E-state index contributed by atoms with van der Waals surface area (Å²) in [5.41, 5.74) is 0.557. The number of nitrogens with one attached hydrogen (secondary N) is 1. The van der Waals surface area contributed by atoms with Crippen molar-refractivity contribution in [2.75, 3.05) is 31.1 Å². The molecule has 1 unspecified atom stereocenters. The first-order valence-corrected chi connectivity index (χ1v) is 13.5. The molecule has 2 aliphatic heterocycles. The Kier molecular flexibility index (Phi) is 7.10. The van der Waals surface area contributed by atoms with Crippen molar-refractivity contribution in [3.63, 3.8) is 0 Å². The molecule has 1 aromatic heterocycles. The van der Waals surface area contributed by atoms with E-state index in [4.69, 9.17) is 28.3 Å². The summed E-state index contributed by atoms with van der Waals surface area (Å²) in [5.74, 6) is 0.580. The third-order valence-electron chi connectivity index (χ3n) is 5.11. The molecule has 1 fully saturated rings. The van der Waals surface area contributed by atoms with E-state index in [1.54, 1.807) is 12.3 Å². The Morgan fingerprint density at radius 1 is 1.10 bits per heavy atom. The van der Waals surface area contributed by atoms with Gasteiger partial charge in [0, 0.05) is 49.3 Å². The van der Waals surface area contributed by atoms with Gasteiger partial charge in [0.2, 0.25) is 23.3 Å². The minimum atomic E-state index is -4.57. The van der Waals surface area contributed by atoms with Crippen molar-refractivity contribution in [3.8, 4) is 0 Å². The van der Waals surface area contributed by atoms with Crippen molar-refractivity contribution in [1.82, 2.24) is 10.3 Å². The maximum Gasteiger partial charge on any atom is 0.244 e. The molecule has 0 saturated carbocycles. The maximum absolute atomic E-state index is 13.6. The summed E-state index contributed by atoms with van der Waals surface area (Å²) in [5, 5.41) is 8.95. The van der Waals surface area contributed by atoms with E-state index in [9.17, 15) is 16.8 Å². The van der Waals surface area contributed by atoms with E-state index in [1.165, 1.54) is 12.1 Å². The zero-order valence-corrected chi connectivity index (χ0v) is 20.7. The molecule has 1 atom stereocenters. The molecule has 0 spiro atoms. The van der Waals surface area contributed by atoms with Crippen molar-refractivity contribution in [1.29, 1.82) is 0 Å². The Balaban J connectivity index is 0.00000272. The molecule has 2 aliphatic rings. The number of hydrogen-bond donors (Lipinski definition) is 2. The number of anilines is 1. The van der Waals surface area contributed by atoms with E-state index in [0.29, 0.717) is 29.4 Å². The number of benzene rings is 1. The Hall–Kier alpha value is -0.790. The van der Waals surface area contributed by atoms with Gasteiger partial charge >= 0.3 is 0 Å². The normalized spacial score (nSPS) is 21.5. The number of hydrogen-bond acceptors (Lipinski definition) is 8. The smallest absolute Gasteiger partial charge is 0.244 e. The van der Waals surface area contributed by atoms with Gasteiger partial charge in [0.15, 0.2) is 0 Å². The van der Waals surface area contributed by atoms with Crippen molar-refractivity contribution in [3.05, 3.63) is 46.1 Å². The second-order valence-corrected chi connectivity index (χ2v) is 13.8. The molecule has 0 amide bonds. The molecule has 14 heteroatoms. The molecular weight excluding hydrogens is 527 g/mol. The van der Waals surface area contributed by atoms with Gasteiger partial charge < -0.3 is 10.2 Å². The van der Waals surface area contributed by atoms with Crippen LogP contribution in [0.1, 0.15) is 5.56 Å². The van der Waals surface area contributed by atoms with E-state index >= 15 is 0 Å². The molecule has 170 valence electrons. The van der Waals surface area contributed by atoms with Gasteiger partial charge in [-0.1, -0.05) is 35.0 Å². The zero-order chi connectivity index (χ0) is 21.7. The number of aromatic nitrogens is 1. The maximum atomic E-state index is 13.6. The van der Waals surface area contributed by atoms with Crippen molar-refractivity contribution < 1.29 is 16.8 Å². The first kappa shape index (κ1) is 24.8. The lowest BCUT2D eigenvalue weighted by atomic mass is 10.2. The number of fused-ring (bicyclic) bond motifs is 1. The van der Waals surface area contributed by atoms with E-state index in [1.807, 2.05) is 4.90 Å². The Morgan fingerprint density at radius 3 is 2.39 bits per heavy atom. The molecule has 0 bridgehead atoms. The highest BCUT2D eigenvalue weighted by Gasteiger charge is 2.59. The fourth-order valence-corrected chi connectivity index (χ4v) is 9.71. The summed E-state index contributed by atoms with van der Waals surface area (Å²) in [6.07, 6.45) is 1.23. The molecule has 3 heterocycles. The van der Waals surface area contributed by atoms with Gasteiger partial charge in [0.05, 0.1) is 14.9 Å². The number of halogens is 3. The first-order valence-electron chi connectivity index (χ1n) is 8.91. The number of thioether (sulfide) groups is 1. The predicted octanol–water partition coefficient (Wildman–Crippen LogP) is 2.28. The quantitative estimate of drug-likeness (QED) is 0.600. The van der Waals surface area contributed by atoms with Crippen LogP contribution < -0.4 is 15.4 Å². The first-order chi connectivity index (χ1) is 14.1. The van der Waals surface area contributed by atoms with Crippen LogP contribution >= 0.6 is 47.4 Å². The lowest BCUT2D eigenvalue weighted by molar-refractivity contribution is 0.567. The Bertz CT molecular complexity index is 1220. The van der Waals surface area contributed by atoms with Crippen molar-refractivity contribution in [2.45, 2.75) is 19.6 Å². The van der Waals surface area contributed by atoms with E-state index < -0.39 is 23.3 Å². The fraction of sp³-hybridized carbons (Fsp3) is 0.353. The Labute approximate surface area is 201 Å². The molecule has 3 N–H and O–H groups in total. The number of pyridine rings is 1. The average molecular weight is 546 g/mol. The minimum Gasteiger partial charge on any atom is -0.354 e. The second kappa shape index (κ2) is 8.86. The highest BCUT2D eigenvalue weighted by atomic mass is 35.5. The number of primary sulfonamides is 1. The average Bonchev–Trinajstić information content (AvgIpc) is 3.12. The number of sulfone groups is 1. The summed E-state index contributed by atoms with van der Waals surface area (Å²) in [6.45, 7) is 2.85. The van der Waals surface area contributed by atoms with Crippen LogP contribution in [0.3, 0.4) is 0 Å². The SMILES string of the molecule is Cl.NS(=O)(=O)C1(S(=O)(=O)c2ccc(Cl)c(Cl)c2)Cc2c(ccnc2N2CCNCC2)S1. The molecule has 8 nitrogen and oxygen atoms in total. The molecule has 4 rings (SSSR count). The molecular formula is C17H19Cl3N4O4S3. The third kappa shape index (κ3) is 4.15. The van der Waals surface area contributed by atoms with Gasteiger partial charge in [0.25, 0.3) is 0 Å². The number of sulfonamides is 1. The van der Waals surface area contributed by atoms with Gasteiger partial charge in [-0.15, -0.1) is 12.4 Å². The van der Waals surface area contributed by atoms with Crippen LogP contribution in [0.15, 0.2) is 40.3 Å². The van der Waals surface area contributed by atoms with E-state index in [0.717, 1.165) is 30.9 Å². The number of nitrogens with two attached hydrogens (primary N) is 1. The van der Waals surface area contributed by atoms with Crippen LogP contribution in [0.2, 0.25) is 10.0 Å². The fourth-order valence-electron chi connectivity index (χ4n) is 3.58. The summed E-state index contributed by atoms with van der Waals surface area (Å²) < 4.78 is 50.4. The van der Waals surface area contributed by atoms with E-state index in [2.05, 4.69) is 10.3 Å². The lowest BCUT2D eigenvalue weighted by Gasteiger charge is -2.30. The van der Waals surface area contributed by atoms with Crippen LogP contribution in [-0.2, 0) is 26.3 Å². The second-order valence-electron chi connectivity index (χ2n) is 6.93. The molecule has 0 radical (unpaired) electrons. The van der Waals surface area contributed by atoms with Gasteiger partial charge in [-0.05, 0) is 24.3 Å². The van der Waals surface area contributed by atoms with Crippen molar-refractivity contribution >= 4 is 73.0 Å². The molecule has 2 aromatic rings. The molecule has 1 aromatic carbocycles. The van der Waals surface area contributed by atoms with Gasteiger partial charge in [-0.3, -0.25) is 0 Å². The zero-order valence-electron chi connectivity index (χ0n) is 15.9.